The summed E-state index contributed by atoms with van der Waals surface area (Å²) in [6.07, 6.45) is 10.0. The maximum absolute atomic E-state index is 13.4. The molecule has 0 N–H and O–H groups in total. The van der Waals surface area contributed by atoms with Crippen LogP contribution in [0.3, 0.4) is 0 Å². The van der Waals surface area contributed by atoms with E-state index in [4.69, 9.17) is 4.42 Å². The van der Waals surface area contributed by atoms with Crippen molar-refractivity contribution in [1.29, 1.82) is 0 Å². The summed E-state index contributed by atoms with van der Waals surface area (Å²) in [5.41, 5.74) is 0. The zero-order valence-corrected chi connectivity index (χ0v) is 18.5. The average Bonchev–Trinajstić information content (AvgIpc) is 3.30. The SMILES string of the molecule is CC(C)C(Sc1nnc(C2CC2)n1Cc1ccco1)C(=O)N(C)C1CCCCC1. The molecule has 0 radical (unpaired) electrons. The van der Waals surface area contributed by atoms with Gasteiger partial charge in [-0.05, 0) is 43.7 Å². The highest BCUT2D eigenvalue weighted by atomic mass is 32.2. The summed E-state index contributed by atoms with van der Waals surface area (Å²) in [4.78, 5) is 15.4. The van der Waals surface area contributed by atoms with Crippen LogP contribution < -0.4 is 0 Å². The summed E-state index contributed by atoms with van der Waals surface area (Å²) in [7, 11) is 1.98. The average molecular weight is 417 g/mol. The van der Waals surface area contributed by atoms with Crippen LogP contribution in [-0.4, -0.2) is 43.9 Å². The molecule has 29 heavy (non-hydrogen) atoms. The molecule has 2 aromatic heterocycles. The number of amides is 1. The first-order valence-electron chi connectivity index (χ1n) is 10.9. The first kappa shape index (κ1) is 20.5. The maximum Gasteiger partial charge on any atom is 0.236 e. The van der Waals surface area contributed by atoms with E-state index in [1.165, 1.54) is 19.3 Å². The van der Waals surface area contributed by atoms with E-state index < -0.39 is 0 Å². The lowest BCUT2D eigenvalue weighted by molar-refractivity contribution is -0.132. The van der Waals surface area contributed by atoms with Crippen LogP contribution >= 0.6 is 11.8 Å². The summed E-state index contributed by atoms with van der Waals surface area (Å²) < 4.78 is 7.73. The van der Waals surface area contributed by atoms with Crippen LogP contribution in [0.4, 0.5) is 0 Å². The highest BCUT2D eigenvalue weighted by molar-refractivity contribution is 8.00. The van der Waals surface area contributed by atoms with Crippen LogP contribution in [-0.2, 0) is 11.3 Å². The Morgan fingerprint density at radius 1 is 1.24 bits per heavy atom. The van der Waals surface area contributed by atoms with Gasteiger partial charge in [0.25, 0.3) is 0 Å². The van der Waals surface area contributed by atoms with Gasteiger partial charge in [0.05, 0.1) is 18.1 Å². The molecule has 0 aromatic carbocycles. The number of thioether (sulfide) groups is 1. The van der Waals surface area contributed by atoms with Gasteiger partial charge in [-0.2, -0.15) is 0 Å². The quantitative estimate of drug-likeness (QED) is 0.584. The van der Waals surface area contributed by atoms with Crippen molar-refractivity contribution in [3.63, 3.8) is 0 Å². The van der Waals surface area contributed by atoms with Gasteiger partial charge in [-0.3, -0.25) is 9.36 Å². The number of aromatic nitrogens is 3. The Kier molecular flexibility index (Phi) is 6.32. The van der Waals surface area contributed by atoms with E-state index in [-0.39, 0.29) is 17.1 Å². The second-order valence-corrected chi connectivity index (χ2v) is 9.91. The highest BCUT2D eigenvalue weighted by Crippen LogP contribution is 2.41. The lowest BCUT2D eigenvalue weighted by Gasteiger charge is -2.34. The number of carbonyl (C=O) groups excluding carboxylic acids is 1. The van der Waals surface area contributed by atoms with Crippen molar-refractivity contribution in [3.8, 4) is 0 Å². The molecule has 1 unspecified atom stereocenters. The maximum atomic E-state index is 13.4. The van der Waals surface area contributed by atoms with Gasteiger partial charge < -0.3 is 9.32 Å². The molecule has 2 aliphatic rings. The summed E-state index contributed by atoms with van der Waals surface area (Å²) in [5, 5.41) is 9.66. The van der Waals surface area contributed by atoms with Crippen molar-refractivity contribution in [2.45, 2.75) is 87.7 Å². The van der Waals surface area contributed by atoms with Gasteiger partial charge in [-0.25, -0.2) is 0 Å². The Balaban J connectivity index is 1.54. The van der Waals surface area contributed by atoms with Crippen molar-refractivity contribution in [2.75, 3.05) is 7.05 Å². The predicted molar refractivity (Wildman–Crippen MR) is 114 cm³/mol. The van der Waals surface area contributed by atoms with Crippen molar-refractivity contribution in [1.82, 2.24) is 19.7 Å². The molecule has 2 saturated carbocycles. The molecular formula is C22H32N4O2S. The monoisotopic (exact) mass is 416 g/mol. The van der Waals surface area contributed by atoms with Gasteiger partial charge in [0, 0.05) is 19.0 Å². The molecule has 0 spiro atoms. The summed E-state index contributed by atoms with van der Waals surface area (Å²) in [6, 6.07) is 4.26. The van der Waals surface area contributed by atoms with Crippen LogP contribution in [0.25, 0.3) is 0 Å². The van der Waals surface area contributed by atoms with Gasteiger partial charge in [0.15, 0.2) is 5.16 Å². The summed E-state index contributed by atoms with van der Waals surface area (Å²) >= 11 is 1.57. The Labute approximate surface area is 177 Å². The molecule has 1 amide bonds. The first-order chi connectivity index (χ1) is 14.0. The molecule has 0 bridgehead atoms. The molecular weight excluding hydrogens is 384 g/mol. The van der Waals surface area contributed by atoms with Crippen molar-refractivity contribution in [2.24, 2.45) is 5.92 Å². The Bertz CT molecular complexity index is 807. The van der Waals surface area contributed by atoms with Crippen molar-refractivity contribution in [3.05, 3.63) is 30.0 Å². The van der Waals surface area contributed by atoms with E-state index in [1.54, 1.807) is 18.0 Å². The number of hydrogen-bond donors (Lipinski definition) is 0. The zero-order chi connectivity index (χ0) is 20.4. The molecule has 2 aromatic rings. The highest BCUT2D eigenvalue weighted by Gasteiger charge is 2.35. The normalized spacial score (nSPS) is 18.9. The zero-order valence-electron chi connectivity index (χ0n) is 17.7. The molecule has 0 saturated heterocycles. The molecule has 158 valence electrons. The van der Waals surface area contributed by atoms with Crippen LogP contribution in [0.5, 0.6) is 0 Å². The number of carbonyl (C=O) groups is 1. The van der Waals surface area contributed by atoms with Crippen molar-refractivity contribution >= 4 is 17.7 Å². The summed E-state index contributed by atoms with van der Waals surface area (Å²) in [5.74, 6) is 2.85. The fourth-order valence-corrected chi connectivity index (χ4v) is 5.31. The Hall–Kier alpha value is -1.76. The molecule has 2 heterocycles. The van der Waals surface area contributed by atoms with Crippen LogP contribution in [0.1, 0.15) is 76.3 Å². The largest absolute Gasteiger partial charge is 0.467 e. The number of furan rings is 1. The Morgan fingerprint density at radius 2 is 2.00 bits per heavy atom. The Morgan fingerprint density at radius 3 is 2.62 bits per heavy atom. The minimum absolute atomic E-state index is 0.159. The molecule has 0 aliphatic heterocycles. The second-order valence-electron chi connectivity index (χ2n) is 8.80. The van der Waals surface area contributed by atoms with E-state index in [1.807, 2.05) is 24.1 Å². The van der Waals surface area contributed by atoms with Gasteiger partial charge in [0.2, 0.25) is 5.91 Å². The third-order valence-corrected chi connectivity index (χ3v) is 7.65. The molecule has 1 atom stereocenters. The number of nitrogens with zero attached hydrogens (tertiary/aromatic N) is 4. The lowest BCUT2D eigenvalue weighted by Crippen LogP contribution is -2.44. The van der Waals surface area contributed by atoms with Gasteiger partial charge in [-0.1, -0.05) is 44.9 Å². The number of hydrogen-bond acceptors (Lipinski definition) is 5. The fraction of sp³-hybridized carbons (Fsp3) is 0.682. The topological polar surface area (TPSA) is 64.2 Å². The van der Waals surface area contributed by atoms with Crippen LogP contribution in [0, 0.1) is 5.92 Å². The van der Waals surface area contributed by atoms with E-state index in [9.17, 15) is 4.79 Å². The second kappa shape index (κ2) is 8.94. The predicted octanol–water partition coefficient (Wildman–Crippen LogP) is 4.70. The third kappa shape index (κ3) is 4.71. The molecule has 6 nitrogen and oxygen atoms in total. The molecule has 4 rings (SSSR count). The van der Waals surface area contributed by atoms with E-state index in [0.717, 1.165) is 42.4 Å². The van der Waals surface area contributed by atoms with Crippen molar-refractivity contribution < 1.29 is 9.21 Å². The smallest absolute Gasteiger partial charge is 0.236 e. The van der Waals surface area contributed by atoms with E-state index in [0.29, 0.717) is 18.5 Å². The van der Waals surface area contributed by atoms with Crippen LogP contribution in [0.15, 0.2) is 28.0 Å². The number of rotatable bonds is 8. The fourth-order valence-electron chi connectivity index (χ4n) is 4.17. The van der Waals surface area contributed by atoms with E-state index in [2.05, 4.69) is 28.6 Å². The van der Waals surface area contributed by atoms with Crippen LogP contribution in [0.2, 0.25) is 0 Å². The standard InChI is InChI=1S/C22H32N4O2S/c1-15(2)19(21(27)25(3)17-8-5-4-6-9-17)29-22-24-23-20(16-11-12-16)26(22)14-18-10-7-13-28-18/h7,10,13,15-17,19H,4-6,8-9,11-12,14H2,1-3H3. The summed E-state index contributed by atoms with van der Waals surface area (Å²) in [6.45, 7) is 4.87. The first-order valence-corrected chi connectivity index (χ1v) is 11.8. The third-order valence-electron chi connectivity index (χ3n) is 6.13. The molecule has 2 aliphatic carbocycles. The lowest BCUT2D eigenvalue weighted by atomic mass is 9.94. The molecule has 7 heteroatoms. The van der Waals surface area contributed by atoms with Gasteiger partial charge in [0.1, 0.15) is 11.6 Å². The molecule has 2 fully saturated rings. The minimum Gasteiger partial charge on any atom is -0.467 e. The van der Waals surface area contributed by atoms with E-state index >= 15 is 0 Å². The minimum atomic E-state index is -0.159. The van der Waals surface area contributed by atoms with Gasteiger partial charge >= 0.3 is 0 Å². The van der Waals surface area contributed by atoms with Gasteiger partial charge in [-0.15, -0.1) is 10.2 Å².